The van der Waals surface area contributed by atoms with Crippen LogP contribution in [0.4, 0.5) is 0 Å². The zero-order valence-corrected chi connectivity index (χ0v) is 18.8. The summed E-state index contributed by atoms with van der Waals surface area (Å²) in [6.07, 6.45) is 0. The average molecular weight is 385 g/mol. The molecule has 0 aromatic heterocycles. The molecule has 0 aromatic carbocycles. The van der Waals surface area contributed by atoms with Crippen LogP contribution in [0.3, 0.4) is 0 Å². The minimum atomic E-state index is -2.04. The summed E-state index contributed by atoms with van der Waals surface area (Å²) in [5, 5.41) is 0. The topological polar surface area (TPSA) is 36.9 Å². The van der Waals surface area contributed by atoms with Gasteiger partial charge in [0.1, 0.15) is 0 Å². The van der Waals surface area contributed by atoms with Gasteiger partial charge in [0.15, 0.2) is 0 Å². The summed E-state index contributed by atoms with van der Waals surface area (Å²) in [5.41, 5.74) is 0. The first-order chi connectivity index (χ1) is 6.91. The van der Waals surface area contributed by atoms with Gasteiger partial charge in [-0.25, -0.2) is 0 Å². The van der Waals surface area contributed by atoms with Gasteiger partial charge in [-0.2, -0.15) is 0 Å². The SMILES string of the molecule is C[Si]O[Si](C)O[Si](C)(C)O[SiH](C)O[Si]C.[Y]. The van der Waals surface area contributed by atoms with Crippen molar-refractivity contribution in [2.24, 2.45) is 0 Å². The molecule has 1 unspecified atom stereocenters. The number of rotatable bonds is 8. The van der Waals surface area contributed by atoms with E-state index in [4.69, 9.17) is 16.5 Å². The van der Waals surface area contributed by atoms with Crippen molar-refractivity contribution in [2.75, 3.05) is 0 Å². The van der Waals surface area contributed by atoms with E-state index in [-0.39, 0.29) is 32.7 Å². The van der Waals surface area contributed by atoms with Crippen molar-refractivity contribution in [3.05, 3.63) is 0 Å². The van der Waals surface area contributed by atoms with E-state index in [0.29, 0.717) is 19.5 Å². The van der Waals surface area contributed by atoms with Gasteiger partial charge in [-0.15, -0.1) is 0 Å². The second kappa shape index (κ2) is 10.9. The fraction of sp³-hybridized carbons (Fsp3) is 1.00. The maximum absolute atomic E-state index is 5.88. The Morgan fingerprint density at radius 3 is 2.19 bits per heavy atom. The summed E-state index contributed by atoms with van der Waals surface area (Å²) in [6, 6.07) is 0. The number of hydrogen-bond donors (Lipinski definition) is 0. The molecule has 0 aliphatic rings. The molecule has 1 atom stereocenters. The molecule has 0 heterocycles. The minimum absolute atomic E-state index is 0. The predicted octanol–water partition coefficient (Wildman–Crippen LogP) is 1.05. The van der Waals surface area contributed by atoms with Crippen LogP contribution >= 0.6 is 0 Å². The van der Waals surface area contributed by atoms with Crippen molar-refractivity contribution < 1.29 is 49.2 Å². The summed E-state index contributed by atoms with van der Waals surface area (Å²) >= 11 is 0. The molecule has 0 spiro atoms. The Balaban J connectivity index is 0. The predicted molar refractivity (Wildman–Crippen MR) is 69.7 cm³/mol. The molecule has 0 rings (SSSR count). The van der Waals surface area contributed by atoms with Crippen LogP contribution in [0, 0.1) is 0 Å². The normalized spacial score (nSPS) is 13.7. The van der Waals surface area contributed by atoms with Gasteiger partial charge in [0.05, 0.1) is 0 Å². The van der Waals surface area contributed by atoms with Gasteiger partial charge in [-0.3, -0.25) is 0 Å². The molecule has 0 bridgehead atoms. The standard InChI is InChI=1S/C6H19O4Si5.Y/c1-11-7-13(3)9-15(5,6)10-14(4)8-12-2;/h13H,1-6H3;. The van der Waals surface area contributed by atoms with Crippen LogP contribution in [0.5, 0.6) is 0 Å². The van der Waals surface area contributed by atoms with E-state index in [2.05, 4.69) is 13.1 Å². The third-order valence-corrected chi connectivity index (χ3v) is 12.3. The average Bonchev–Trinajstić information content (AvgIpc) is 2.01. The van der Waals surface area contributed by atoms with E-state index in [0.717, 1.165) is 0 Å². The van der Waals surface area contributed by atoms with Crippen LogP contribution in [-0.2, 0) is 49.2 Å². The fourth-order valence-corrected chi connectivity index (χ4v) is 11.4. The maximum Gasteiger partial charge on any atom is 0.360 e. The molecule has 10 heteroatoms. The van der Waals surface area contributed by atoms with E-state index >= 15 is 0 Å². The van der Waals surface area contributed by atoms with Gasteiger partial charge in [0.25, 0.3) is 9.28 Å². The van der Waals surface area contributed by atoms with E-state index in [1.807, 2.05) is 26.2 Å². The molecule has 0 fully saturated rings. The minimum Gasteiger partial charge on any atom is -0.439 e. The second-order valence-corrected chi connectivity index (χ2v) is 12.6. The van der Waals surface area contributed by atoms with Gasteiger partial charge in [-0.1, -0.05) is 0 Å². The van der Waals surface area contributed by atoms with Gasteiger partial charge in [0, 0.05) is 32.7 Å². The van der Waals surface area contributed by atoms with Gasteiger partial charge < -0.3 is 16.5 Å². The van der Waals surface area contributed by atoms with Crippen LogP contribution in [-0.4, -0.2) is 46.7 Å². The summed E-state index contributed by atoms with van der Waals surface area (Å²) in [6.45, 7) is 12.2. The Hall–Kier alpha value is 2.03. The van der Waals surface area contributed by atoms with Crippen LogP contribution in [0.25, 0.3) is 0 Å². The largest absolute Gasteiger partial charge is 0.439 e. The molecule has 0 saturated heterocycles. The van der Waals surface area contributed by atoms with E-state index in [1.54, 1.807) is 0 Å². The molecule has 0 aromatic rings. The Labute approximate surface area is 134 Å². The van der Waals surface area contributed by atoms with E-state index in [9.17, 15) is 0 Å². The van der Waals surface area contributed by atoms with Crippen LogP contribution < -0.4 is 0 Å². The molecule has 16 heavy (non-hydrogen) atoms. The Morgan fingerprint density at radius 2 is 1.75 bits per heavy atom. The first-order valence-corrected chi connectivity index (χ1v) is 14.3. The Bertz CT molecular complexity index is 159. The maximum atomic E-state index is 5.88. The molecule has 4 nitrogen and oxygen atoms in total. The van der Waals surface area contributed by atoms with Crippen molar-refractivity contribution in [3.63, 3.8) is 0 Å². The smallest absolute Gasteiger partial charge is 0.360 e. The van der Waals surface area contributed by atoms with Gasteiger partial charge in [-0.05, 0) is 39.3 Å². The zero-order valence-electron chi connectivity index (χ0n) is 10.8. The van der Waals surface area contributed by atoms with Crippen molar-refractivity contribution in [1.29, 1.82) is 0 Å². The summed E-state index contributed by atoms with van der Waals surface area (Å²) in [4.78, 5) is 0. The number of hydrogen-bond acceptors (Lipinski definition) is 4. The van der Waals surface area contributed by atoms with Crippen LogP contribution in [0.2, 0.25) is 39.3 Å². The van der Waals surface area contributed by atoms with E-state index in [1.165, 1.54) is 0 Å². The third-order valence-electron chi connectivity index (χ3n) is 1.37. The molecule has 0 aliphatic carbocycles. The fourth-order valence-electron chi connectivity index (χ4n) is 1.12. The van der Waals surface area contributed by atoms with Crippen molar-refractivity contribution in [1.82, 2.24) is 0 Å². The molecule has 0 saturated carbocycles. The van der Waals surface area contributed by atoms with Gasteiger partial charge in [0.2, 0.25) is 19.5 Å². The Kier molecular flexibility index (Phi) is 13.9. The van der Waals surface area contributed by atoms with Crippen molar-refractivity contribution in [3.8, 4) is 0 Å². The second-order valence-electron chi connectivity index (χ2n) is 3.31. The molecular weight excluding hydrogens is 365 g/mol. The molecule has 0 amide bonds. The summed E-state index contributed by atoms with van der Waals surface area (Å²) < 4.78 is 22.7. The Morgan fingerprint density at radius 1 is 1.19 bits per heavy atom. The van der Waals surface area contributed by atoms with Crippen LogP contribution in [0.15, 0.2) is 0 Å². The third kappa shape index (κ3) is 11.1. The van der Waals surface area contributed by atoms with Crippen molar-refractivity contribution >= 4 is 46.7 Å². The molecule has 90 valence electrons. The molecule has 6 radical (unpaired) electrons. The van der Waals surface area contributed by atoms with Crippen LogP contribution in [0.1, 0.15) is 0 Å². The molecule has 0 aliphatic heterocycles. The first kappa shape index (κ1) is 20.3. The molecule has 0 N–H and O–H groups in total. The summed E-state index contributed by atoms with van der Waals surface area (Å²) in [5.74, 6) is 0. The van der Waals surface area contributed by atoms with Gasteiger partial charge >= 0.3 is 17.8 Å². The van der Waals surface area contributed by atoms with E-state index < -0.39 is 27.1 Å². The first-order valence-electron chi connectivity index (χ1n) is 4.77. The summed E-state index contributed by atoms with van der Waals surface area (Å²) in [7, 11) is -3.68. The quantitative estimate of drug-likeness (QED) is 0.587. The zero-order chi connectivity index (χ0) is 11.9. The van der Waals surface area contributed by atoms with Crippen molar-refractivity contribution in [2.45, 2.75) is 39.3 Å². The monoisotopic (exact) mass is 384 g/mol. The molecular formula is C6H19O4Si5Y.